The lowest BCUT2D eigenvalue weighted by atomic mass is 9.89. The fourth-order valence-corrected chi connectivity index (χ4v) is 14.2. The fourth-order valence-electron chi connectivity index (χ4n) is 14.2. The molecular weight excluding hydrogens is 1480 g/mol. The maximum Gasteiger partial charge on any atom is 0.270 e. The number of alkyl halides is 1. The van der Waals surface area contributed by atoms with Gasteiger partial charge in [-0.05, 0) is 25.7 Å². The summed E-state index contributed by atoms with van der Waals surface area (Å²) in [6.45, 7) is -5.12. The van der Waals surface area contributed by atoms with Crippen molar-refractivity contribution in [2.75, 3.05) is 67.0 Å². The van der Waals surface area contributed by atoms with E-state index in [1.165, 1.54) is 0 Å². The number of aliphatic hydroxyl groups excluding tert-OH is 18. The van der Waals surface area contributed by atoms with E-state index in [9.17, 15) is 121 Å². The predicted molar refractivity (Wildman–Crippen MR) is 345 cm³/mol. The van der Waals surface area contributed by atoms with Gasteiger partial charge < -0.3 is 194 Å². The molecule has 15 unspecified atom stereocenters. The molecule has 626 valence electrons. The van der Waals surface area contributed by atoms with E-state index in [1.54, 1.807) is 0 Å². The van der Waals surface area contributed by atoms with Crippen LogP contribution in [0.25, 0.3) is 0 Å². The van der Waals surface area contributed by atoms with Crippen LogP contribution in [0.5, 0.6) is 0 Å². The van der Waals surface area contributed by atoms with Crippen LogP contribution in [0.15, 0.2) is 0 Å². The molecule has 109 heavy (non-hydrogen) atoms. The average molecular weight is 1580 g/mol. The third-order valence-electron chi connectivity index (χ3n) is 20.1. The van der Waals surface area contributed by atoms with Crippen molar-refractivity contribution in [2.45, 2.75) is 298 Å². The highest BCUT2D eigenvalue weighted by Crippen LogP contribution is 2.41. The number of aliphatic hydroxyl groups is 18. The van der Waals surface area contributed by atoms with E-state index >= 15 is 4.39 Å². The summed E-state index contributed by atoms with van der Waals surface area (Å²) in [6, 6.07) is -3.60. The Kier molecular flexibility index (Phi) is 33.6. The summed E-state index contributed by atoms with van der Waals surface area (Å²) in [5.41, 5.74) is -2.32. The third kappa shape index (κ3) is 21.2. The number of carboxylic acid groups (broad SMARTS) is 1. The summed E-state index contributed by atoms with van der Waals surface area (Å²) in [5, 5.41) is 225. The van der Waals surface area contributed by atoms with Gasteiger partial charge >= 0.3 is 0 Å². The molecule has 7 saturated heterocycles. The predicted octanol–water partition coefficient (Wildman–Crippen LogP) is -13.7. The first-order valence-corrected chi connectivity index (χ1v) is 35.7. The summed E-state index contributed by atoms with van der Waals surface area (Å²) in [5.74, 6) is -3.82. The molecule has 44 heteroatoms. The fraction of sp³-hybridized carbons (Fsp3) is 0.892. The minimum Gasteiger partial charge on any atom is -0.544 e. The quantitative estimate of drug-likeness (QED) is 0.0214. The lowest BCUT2D eigenvalue weighted by Crippen LogP contribution is -2.72. The van der Waals surface area contributed by atoms with Gasteiger partial charge in [0.1, 0.15) is 159 Å². The van der Waals surface area contributed by atoms with Crippen molar-refractivity contribution >= 4 is 29.6 Å². The Labute approximate surface area is 622 Å². The molecule has 1 aliphatic carbocycles. The molecule has 7 fully saturated rings. The summed E-state index contributed by atoms with van der Waals surface area (Å²) in [6.07, 6.45) is -62.6. The van der Waals surface area contributed by atoms with Crippen LogP contribution in [0.2, 0.25) is 0 Å². The number of carbonyl (C=O) groups is 5. The molecule has 36 atom stereocenters. The lowest BCUT2D eigenvalue weighted by Gasteiger charge is -2.52. The topological polar surface area (TPSA) is 659 Å². The van der Waals surface area contributed by atoms with Gasteiger partial charge in [-0.1, -0.05) is 24.7 Å². The van der Waals surface area contributed by atoms with Crippen LogP contribution < -0.4 is 26.4 Å². The van der Waals surface area contributed by atoms with Gasteiger partial charge in [-0.2, -0.15) is 0 Å². The molecule has 7 aliphatic heterocycles. The Hall–Kier alpha value is -4.48. The number of rotatable bonds is 33. The first-order chi connectivity index (χ1) is 51.8. The van der Waals surface area contributed by atoms with E-state index in [0.717, 1.165) is 40.9 Å². The normalized spacial score (nSPS) is 43.8. The highest BCUT2D eigenvalue weighted by Gasteiger charge is 2.61. The summed E-state index contributed by atoms with van der Waals surface area (Å²) >= 11 is 0. The van der Waals surface area contributed by atoms with Crippen LogP contribution in [0.1, 0.15) is 78.1 Å². The molecule has 8 aliphatic rings. The monoisotopic (exact) mass is 1580 g/mol. The largest absolute Gasteiger partial charge is 0.544 e. The molecule has 0 spiro atoms. The van der Waals surface area contributed by atoms with Crippen molar-refractivity contribution in [2.24, 2.45) is 0 Å². The van der Waals surface area contributed by atoms with E-state index in [4.69, 9.17) is 71.1 Å². The first kappa shape index (κ1) is 90.1. The second-order valence-electron chi connectivity index (χ2n) is 27.7. The zero-order valence-electron chi connectivity index (χ0n) is 59.9. The Morgan fingerprint density at radius 1 is 0.505 bits per heavy atom. The van der Waals surface area contributed by atoms with E-state index in [0.29, 0.717) is 25.7 Å². The van der Waals surface area contributed by atoms with Crippen LogP contribution in [-0.4, -0.2) is 408 Å². The average Bonchev–Trinajstić information content (AvgIpc) is 0.759. The molecule has 0 bridgehead atoms. The second kappa shape index (κ2) is 40.7. The number of ether oxygens (including phenoxy) is 15. The van der Waals surface area contributed by atoms with Crippen LogP contribution in [0.3, 0.4) is 0 Å². The lowest BCUT2D eigenvalue weighted by molar-refractivity contribution is -0.411. The standard InChI is InChI=1S/C65H105FN4O39/c1-25(77)69-36-27(79)17-65(63(93)94,108-48(36)28(80)18-68-35(81)13-9-8-12-16-67-62(92)64(66)14-10-6-5-7-11-15-64)109-53-39(83)30(20-72)98-59(45(53)89)103-49-31(21-73)99-56(37(40(49)84)70-26(2)78)106-54-46(90)61(101-33(23-75)51(54)95-3)105-52-34(24-76)102-60(104-50-32(22-74)100-57(96-4)44(88)42(50)86)47(91)55(52)107-58-43(87)41(85)38(82)29(19-71)97-58/h27-34,36-61,71-76,79-80,82-91H,5-10,12-14,16-24H2,1-4H3,(H,67,92)(H,68,81)(H,69,77)(H,70,78)(H,93,94)/p-1/t27-,28?,29?,30?,31?,32?,33?,34?,36+,37?,38-,39+,40-,41+,42-,43?,44?,45?,46?,47?,48?,49-,50-,51-,52+,53+,54-,55-,56+,57-,58+,59+,60+,61-,64?,65-/m1/s1. The second-order valence-corrected chi connectivity index (χ2v) is 27.7. The van der Waals surface area contributed by atoms with Crippen molar-refractivity contribution in [3.8, 4) is 11.8 Å². The SMILES string of the molecule is CO[C@@H]1OC(CO)[C@@H](O[C@@H]2OC(CO)[C@H](O[C@H]3OC(CO)[C@@H](OC)[C@H](O[C@@H]4OC(CO)[C@@H](O[C@@H]5OC(CO)[C@H](O)[C@H](O[C@@]6(C(=O)[O-])C[C@@H](O)[C@H](NC(C)=O)C(C(O)CNC(=O)CCCCCNC(=O)C7(F)C#CCCCCC7)O6)C5O)[C@H](O)C4NC(C)=O)C3O)[C@H](O[C@@H]3OC(CO)[C@@H](O)[C@H](O)C3O)C2O)[C@H](O)C1O. The van der Waals surface area contributed by atoms with Gasteiger partial charge in [0.25, 0.3) is 5.91 Å². The summed E-state index contributed by atoms with van der Waals surface area (Å²) < 4.78 is 103. The number of hydrogen-bond donors (Lipinski definition) is 22. The highest BCUT2D eigenvalue weighted by molar-refractivity contribution is 5.88. The number of halogens is 1. The molecule has 0 saturated carbocycles. The molecule has 0 aromatic heterocycles. The minimum atomic E-state index is -3.33. The first-order valence-electron chi connectivity index (χ1n) is 35.7. The molecule has 22 N–H and O–H groups in total. The number of nitrogens with one attached hydrogen (secondary N) is 4. The van der Waals surface area contributed by atoms with Gasteiger partial charge in [0.15, 0.2) is 37.7 Å². The molecule has 7 heterocycles. The third-order valence-corrected chi connectivity index (χ3v) is 20.1. The molecule has 43 nitrogen and oxygen atoms in total. The van der Waals surface area contributed by atoms with Gasteiger partial charge in [-0.25, -0.2) is 4.39 Å². The van der Waals surface area contributed by atoms with Gasteiger partial charge in [0.2, 0.25) is 29.2 Å². The number of methoxy groups -OCH3 is 2. The van der Waals surface area contributed by atoms with Crippen molar-refractivity contribution in [1.82, 2.24) is 21.3 Å². The van der Waals surface area contributed by atoms with Crippen molar-refractivity contribution in [1.29, 1.82) is 0 Å². The van der Waals surface area contributed by atoms with Crippen molar-refractivity contribution in [3.63, 3.8) is 0 Å². The highest BCUT2D eigenvalue weighted by atomic mass is 19.1. The van der Waals surface area contributed by atoms with Crippen LogP contribution in [-0.2, 0) is 95.0 Å². The minimum absolute atomic E-state index is 0.0437. The molecule has 0 aromatic carbocycles. The van der Waals surface area contributed by atoms with E-state index < -0.39 is 302 Å². The van der Waals surface area contributed by atoms with Crippen LogP contribution >= 0.6 is 0 Å². The number of amides is 4. The molecule has 4 amide bonds. The van der Waals surface area contributed by atoms with Gasteiger partial charge in [0.05, 0.1) is 57.9 Å². The van der Waals surface area contributed by atoms with E-state index in [1.807, 2.05) is 0 Å². The van der Waals surface area contributed by atoms with Gasteiger partial charge in [0, 0.05) is 66.8 Å². The summed E-state index contributed by atoms with van der Waals surface area (Å²) in [4.78, 5) is 64.6. The Bertz CT molecular complexity index is 2970. The Balaban J connectivity index is 0.983. The molecular formula is C65H104FN4O39-. The maximum absolute atomic E-state index is 15.3. The number of aliphatic carboxylic acids is 1. The zero-order valence-corrected chi connectivity index (χ0v) is 59.9. The number of carboxylic acids is 1. The molecule has 0 radical (unpaired) electrons. The summed E-state index contributed by atoms with van der Waals surface area (Å²) in [7, 11) is 2.17. The van der Waals surface area contributed by atoms with Crippen LogP contribution in [0.4, 0.5) is 4.39 Å². The van der Waals surface area contributed by atoms with Crippen LogP contribution in [0, 0.1) is 11.8 Å². The van der Waals surface area contributed by atoms with Crippen molar-refractivity contribution < 1.29 is 196 Å². The number of carbonyl (C=O) groups excluding carboxylic acids is 5. The van der Waals surface area contributed by atoms with Gasteiger partial charge in [-0.3, -0.25) is 19.2 Å². The Morgan fingerprint density at radius 2 is 0.982 bits per heavy atom. The number of hydrogen-bond acceptors (Lipinski definition) is 39. The number of unbranched alkanes of at least 4 members (excludes halogenated alkanes) is 2. The molecule has 0 aromatic rings. The maximum atomic E-state index is 15.3. The van der Waals surface area contributed by atoms with E-state index in [-0.39, 0.29) is 25.8 Å². The van der Waals surface area contributed by atoms with E-state index in [2.05, 4.69) is 33.1 Å². The smallest absolute Gasteiger partial charge is 0.270 e. The van der Waals surface area contributed by atoms with Gasteiger partial charge in [-0.15, -0.1) is 0 Å². The Morgan fingerprint density at radius 3 is 1.55 bits per heavy atom. The van der Waals surface area contributed by atoms with Crippen molar-refractivity contribution in [3.05, 3.63) is 0 Å². The molecule has 8 rings (SSSR count). The zero-order chi connectivity index (χ0) is 80.1.